The normalized spacial score (nSPS) is 18.5. The summed E-state index contributed by atoms with van der Waals surface area (Å²) in [6.07, 6.45) is 17.5. The molecule has 0 bridgehead atoms. The molecule has 0 saturated heterocycles. The van der Waals surface area contributed by atoms with Gasteiger partial charge in [-0.1, -0.05) is 119 Å². The van der Waals surface area contributed by atoms with Crippen LogP contribution in [0.15, 0.2) is 61.2 Å². The van der Waals surface area contributed by atoms with E-state index in [0.29, 0.717) is 5.92 Å². The zero-order valence-electron chi connectivity index (χ0n) is 18.0. The molecule has 0 aromatic heterocycles. The highest BCUT2D eigenvalue weighted by Gasteiger charge is 2.21. The molecule has 1 unspecified atom stereocenters. The second-order valence-corrected chi connectivity index (χ2v) is 8.49. The Balaban J connectivity index is 2.23. The number of rotatable bonds is 6. The lowest BCUT2D eigenvalue weighted by Crippen LogP contribution is -2.33. The summed E-state index contributed by atoms with van der Waals surface area (Å²) in [5, 5.41) is 0. The molecule has 1 aromatic rings. The maximum absolute atomic E-state index is 6.66. The molecular formula is C27H41N. The minimum atomic E-state index is -0.452. The van der Waals surface area contributed by atoms with Crippen LogP contribution in [0.25, 0.3) is 0 Å². The van der Waals surface area contributed by atoms with E-state index in [2.05, 4.69) is 62.0 Å². The fourth-order valence-corrected chi connectivity index (χ4v) is 4.32. The van der Waals surface area contributed by atoms with E-state index in [-0.39, 0.29) is 0 Å². The van der Waals surface area contributed by atoms with E-state index in [0.717, 1.165) is 24.8 Å². The van der Waals surface area contributed by atoms with Crippen LogP contribution in [0.2, 0.25) is 0 Å². The van der Waals surface area contributed by atoms with Crippen LogP contribution in [0.3, 0.4) is 0 Å². The fourth-order valence-electron chi connectivity index (χ4n) is 4.32. The van der Waals surface area contributed by atoms with Gasteiger partial charge < -0.3 is 5.73 Å². The highest BCUT2D eigenvalue weighted by atomic mass is 14.7. The molecule has 0 aliphatic heterocycles. The molecule has 2 rings (SSSR count). The molecule has 0 heterocycles. The summed E-state index contributed by atoms with van der Waals surface area (Å²) in [6, 6.07) is 17.6. The van der Waals surface area contributed by atoms with Crippen molar-refractivity contribution < 1.29 is 0 Å². The molecule has 1 aromatic carbocycles. The molecule has 0 radical (unpaired) electrons. The first-order chi connectivity index (χ1) is 13.7. The lowest BCUT2D eigenvalue weighted by atomic mass is 9.86. The van der Waals surface area contributed by atoms with Gasteiger partial charge in [-0.2, -0.15) is 0 Å². The Bertz CT molecular complexity index is 596. The predicted molar refractivity (Wildman–Crippen MR) is 124 cm³/mol. The summed E-state index contributed by atoms with van der Waals surface area (Å²) in [5.74, 6) is 0.696. The Kier molecular flexibility index (Phi) is 10.4. The summed E-state index contributed by atoms with van der Waals surface area (Å²) >= 11 is 0. The molecule has 1 nitrogen and oxygen atoms in total. The maximum atomic E-state index is 6.66. The minimum Gasteiger partial charge on any atom is -0.318 e. The van der Waals surface area contributed by atoms with Gasteiger partial charge in [0.1, 0.15) is 0 Å². The summed E-state index contributed by atoms with van der Waals surface area (Å²) in [6.45, 7) is 6.21. The number of nitrogens with two attached hydrogens (primary N) is 1. The Hall–Kier alpha value is -1.60. The van der Waals surface area contributed by atoms with Gasteiger partial charge in [0.2, 0.25) is 0 Å². The molecule has 1 aliphatic carbocycles. The Morgan fingerprint density at radius 2 is 1.39 bits per heavy atom. The van der Waals surface area contributed by atoms with Gasteiger partial charge in [0.05, 0.1) is 5.54 Å². The molecule has 1 aliphatic rings. The smallest absolute Gasteiger partial charge is 0.0592 e. The molecule has 1 heteroatoms. The third-order valence-corrected chi connectivity index (χ3v) is 6.27. The van der Waals surface area contributed by atoms with Crippen molar-refractivity contribution in [2.45, 2.75) is 95.4 Å². The van der Waals surface area contributed by atoms with E-state index in [1.165, 1.54) is 63.4 Å². The van der Waals surface area contributed by atoms with Crippen molar-refractivity contribution in [3.05, 3.63) is 72.3 Å². The van der Waals surface area contributed by atoms with Crippen LogP contribution in [-0.4, -0.2) is 0 Å². The van der Waals surface area contributed by atoms with E-state index in [1.54, 1.807) is 0 Å². The lowest BCUT2D eigenvalue weighted by Gasteiger charge is -2.25. The molecule has 1 fully saturated rings. The number of hydrogen-bond donors (Lipinski definition) is 1. The molecule has 0 amide bonds. The Labute approximate surface area is 173 Å². The van der Waals surface area contributed by atoms with Gasteiger partial charge in [-0.05, 0) is 36.3 Å². The average Bonchev–Trinajstić information content (AvgIpc) is 2.73. The van der Waals surface area contributed by atoms with E-state index in [4.69, 9.17) is 5.73 Å². The third-order valence-electron chi connectivity index (χ3n) is 6.27. The van der Waals surface area contributed by atoms with Crippen molar-refractivity contribution in [1.29, 1.82) is 0 Å². The summed E-state index contributed by atoms with van der Waals surface area (Å²) in [5.41, 5.74) is 8.82. The first-order valence-electron chi connectivity index (χ1n) is 11.6. The van der Waals surface area contributed by atoms with E-state index >= 15 is 0 Å². The van der Waals surface area contributed by atoms with Gasteiger partial charge in [-0.25, -0.2) is 0 Å². The maximum Gasteiger partial charge on any atom is 0.0592 e. The standard InChI is InChI=1S/C27H41N/c1-3-5-23-27(28,4-2)26-21-15-13-19-25(20-14-16-22-26)24-17-11-9-7-6-8-10-12-18-24/h4,13-16,19-22,24H,2-3,5-12,17-18,23,28H2,1H3. The summed E-state index contributed by atoms with van der Waals surface area (Å²) in [7, 11) is 0. The highest BCUT2D eigenvalue weighted by Crippen LogP contribution is 2.29. The molecular weight excluding hydrogens is 338 g/mol. The van der Waals surface area contributed by atoms with Gasteiger partial charge in [0, 0.05) is 0 Å². The monoisotopic (exact) mass is 379 g/mol. The lowest BCUT2D eigenvalue weighted by molar-refractivity contribution is 0.463. The van der Waals surface area contributed by atoms with Crippen LogP contribution in [0.5, 0.6) is 0 Å². The largest absolute Gasteiger partial charge is 0.318 e. The number of unbranched alkanes of at least 4 members (excludes halogenated alkanes) is 1. The van der Waals surface area contributed by atoms with Crippen LogP contribution in [0.4, 0.5) is 0 Å². The molecule has 154 valence electrons. The summed E-state index contributed by atoms with van der Waals surface area (Å²) < 4.78 is 0. The van der Waals surface area contributed by atoms with Crippen molar-refractivity contribution in [2.75, 3.05) is 0 Å². The van der Waals surface area contributed by atoms with Crippen molar-refractivity contribution in [1.82, 2.24) is 0 Å². The van der Waals surface area contributed by atoms with Crippen molar-refractivity contribution in [3.8, 4) is 0 Å². The first kappa shape index (κ1) is 22.7. The molecule has 1 atom stereocenters. The van der Waals surface area contributed by atoms with E-state index < -0.39 is 5.54 Å². The predicted octanol–water partition coefficient (Wildman–Crippen LogP) is 7.95. The zero-order chi connectivity index (χ0) is 20.1. The van der Waals surface area contributed by atoms with E-state index in [9.17, 15) is 0 Å². The second kappa shape index (κ2) is 12.8. The van der Waals surface area contributed by atoms with Crippen LogP contribution in [-0.2, 0) is 5.54 Å². The van der Waals surface area contributed by atoms with Crippen molar-refractivity contribution in [3.63, 3.8) is 0 Å². The van der Waals surface area contributed by atoms with Gasteiger partial charge in [0.25, 0.3) is 0 Å². The summed E-state index contributed by atoms with van der Waals surface area (Å²) in [4.78, 5) is 0. The van der Waals surface area contributed by atoms with Gasteiger partial charge in [0.15, 0.2) is 0 Å². The molecule has 2 N–H and O–H groups in total. The zero-order valence-corrected chi connectivity index (χ0v) is 18.0. The van der Waals surface area contributed by atoms with Crippen molar-refractivity contribution >= 4 is 0 Å². The van der Waals surface area contributed by atoms with Crippen LogP contribution >= 0.6 is 0 Å². The van der Waals surface area contributed by atoms with Gasteiger partial charge in [-0.15, -0.1) is 6.58 Å². The van der Waals surface area contributed by atoms with Crippen LogP contribution in [0, 0.1) is 0 Å². The minimum absolute atomic E-state index is 0.452. The van der Waals surface area contributed by atoms with Gasteiger partial charge >= 0.3 is 0 Å². The molecule has 1 saturated carbocycles. The molecule has 28 heavy (non-hydrogen) atoms. The molecule has 0 spiro atoms. The average molecular weight is 380 g/mol. The number of hydrogen-bond acceptors (Lipinski definition) is 1. The second-order valence-electron chi connectivity index (χ2n) is 8.49. The third kappa shape index (κ3) is 7.43. The van der Waals surface area contributed by atoms with Gasteiger partial charge in [-0.3, -0.25) is 0 Å². The van der Waals surface area contributed by atoms with Crippen molar-refractivity contribution in [2.24, 2.45) is 5.73 Å². The van der Waals surface area contributed by atoms with Crippen LogP contribution in [0.1, 0.15) is 101 Å². The van der Waals surface area contributed by atoms with E-state index in [1.807, 2.05) is 6.08 Å². The van der Waals surface area contributed by atoms with Crippen LogP contribution < -0.4 is 5.73 Å². The topological polar surface area (TPSA) is 26.0 Å². The fraction of sp³-hybridized carbons (Fsp3) is 0.556. The Morgan fingerprint density at radius 1 is 0.893 bits per heavy atom. The quantitative estimate of drug-likeness (QED) is 0.499. The SMILES string of the molecule is C=CC(N)(CCCC)c1ccccc(C2CCCCCCCCC2)cccc1. The first-order valence-corrected chi connectivity index (χ1v) is 11.6. The highest BCUT2D eigenvalue weighted by molar-refractivity contribution is 5.28. The Morgan fingerprint density at radius 3 is 1.89 bits per heavy atom.